The summed E-state index contributed by atoms with van der Waals surface area (Å²) in [5, 5.41) is 4.66. The number of Topliss-reactive ketones (excluding diaryl/α,β-unsaturated/α-hetero) is 2. The average Bonchev–Trinajstić information content (AvgIpc) is 4.07. The molecule has 6 heterocycles. The number of hydrogen-bond donors (Lipinski definition) is 0. The molecule has 71 heavy (non-hydrogen) atoms. The van der Waals surface area contributed by atoms with Crippen LogP contribution in [0.3, 0.4) is 0 Å². The molecule has 0 atom stereocenters. The fourth-order valence-corrected chi connectivity index (χ4v) is 9.28. The molecule has 0 N–H and O–H groups in total. The van der Waals surface area contributed by atoms with Gasteiger partial charge in [0.05, 0.1) is 16.9 Å². The van der Waals surface area contributed by atoms with Gasteiger partial charge in [-0.2, -0.15) is 4.98 Å². The molecular weight excluding hydrogens is 999 g/mol. The highest BCUT2D eigenvalue weighted by Crippen LogP contribution is 2.33. The van der Waals surface area contributed by atoms with Crippen molar-refractivity contribution < 1.29 is 33.1 Å². The van der Waals surface area contributed by atoms with E-state index in [4.69, 9.17) is 23.7 Å². The van der Waals surface area contributed by atoms with E-state index in [9.17, 15) is 14.4 Å². The van der Waals surface area contributed by atoms with Crippen molar-refractivity contribution in [2.24, 2.45) is 0 Å². The van der Waals surface area contributed by atoms with Gasteiger partial charge < -0.3 is 27.9 Å². The summed E-state index contributed by atoms with van der Waals surface area (Å²) in [7, 11) is -2.41. The zero-order valence-electron chi connectivity index (χ0n) is 43.3. The predicted molar refractivity (Wildman–Crippen MR) is 284 cm³/mol. The highest BCUT2D eigenvalue weighted by molar-refractivity contribution is 9.10. The lowest BCUT2D eigenvalue weighted by Gasteiger charge is -2.20. The van der Waals surface area contributed by atoms with Gasteiger partial charge in [-0.3, -0.25) is 19.6 Å². The molecule has 0 aliphatic rings. The molecule has 7 aromatic rings. The van der Waals surface area contributed by atoms with Crippen molar-refractivity contribution in [3.05, 3.63) is 118 Å². The van der Waals surface area contributed by atoms with E-state index in [1.54, 1.807) is 31.7 Å². The van der Waals surface area contributed by atoms with Crippen LogP contribution in [0.15, 0.2) is 82.4 Å². The van der Waals surface area contributed by atoms with Crippen LogP contribution >= 0.6 is 15.9 Å². The van der Waals surface area contributed by atoms with Gasteiger partial charge in [0.15, 0.2) is 29.0 Å². The van der Waals surface area contributed by atoms with Crippen molar-refractivity contribution in [1.29, 1.82) is 0 Å². The number of ketones is 2. The van der Waals surface area contributed by atoms with E-state index in [0.29, 0.717) is 78.0 Å². The van der Waals surface area contributed by atoms with Gasteiger partial charge in [-0.05, 0) is 136 Å². The topological polar surface area (TPSA) is 184 Å². The molecule has 0 saturated heterocycles. The van der Waals surface area contributed by atoms with E-state index in [-0.39, 0.29) is 24.2 Å². The number of nitrogens with zero attached hydrogens (tertiary/aromatic N) is 9. The van der Waals surface area contributed by atoms with Crippen LogP contribution in [0.5, 0.6) is 0 Å². The highest BCUT2D eigenvalue weighted by atomic mass is 79.9. The molecule has 6 aromatic heterocycles. The third-order valence-electron chi connectivity index (χ3n) is 11.5. The zero-order valence-corrected chi connectivity index (χ0v) is 46.8. The summed E-state index contributed by atoms with van der Waals surface area (Å²) >= 11 is 3.43. The minimum absolute atomic E-state index is 0.0272. The van der Waals surface area contributed by atoms with Crippen molar-refractivity contribution in [2.75, 3.05) is 13.2 Å². The Hall–Kier alpha value is -5.74. The van der Waals surface area contributed by atoms with Crippen LogP contribution in [-0.2, 0) is 40.5 Å². The SMILES string of the molecule is Cc1c(Br)nc(C(=O)CCc2ccncc2)n1COCC[Si](C)(C)C.Cc1noc(-c2cc3cc(-c4nc(C(=O)CCc5ccncc5)n(COCC[Si](C)(C)C)c4C)ccc3n2C(=O)OC(C)(C)C)n1. The number of pyridine rings is 2. The van der Waals surface area contributed by atoms with Crippen molar-refractivity contribution in [2.45, 2.75) is 138 Å². The summed E-state index contributed by atoms with van der Waals surface area (Å²) in [5.41, 5.74) is 5.67. The first-order valence-electron chi connectivity index (χ1n) is 24.0. The molecule has 0 aliphatic heterocycles. The largest absolute Gasteiger partial charge is 0.443 e. The number of imidazole rings is 2. The maximum atomic E-state index is 13.6. The number of aryl methyl sites for hydroxylation is 3. The minimum Gasteiger partial charge on any atom is -0.443 e. The fourth-order valence-electron chi connectivity index (χ4n) is 7.39. The lowest BCUT2D eigenvalue weighted by molar-refractivity contribution is 0.0545. The predicted octanol–water partition coefficient (Wildman–Crippen LogP) is 12.0. The van der Waals surface area contributed by atoms with Crippen LogP contribution in [0.2, 0.25) is 51.4 Å². The molecule has 0 bridgehead atoms. The molecule has 0 fully saturated rings. The zero-order chi connectivity index (χ0) is 51.7. The van der Waals surface area contributed by atoms with Gasteiger partial charge in [-0.25, -0.2) is 19.3 Å². The third kappa shape index (κ3) is 15.4. The Morgan fingerprint density at radius 2 is 1.21 bits per heavy atom. The number of hydrogen-bond acceptors (Lipinski definition) is 13. The maximum Gasteiger partial charge on any atom is 0.419 e. The second-order valence-corrected chi connectivity index (χ2v) is 33.0. The lowest BCUT2D eigenvalue weighted by Crippen LogP contribution is -2.27. The van der Waals surface area contributed by atoms with Gasteiger partial charge in [-0.15, -0.1) is 0 Å². The van der Waals surface area contributed by atoms with Crippen LogP contribution in [0.4, 0.5) is 4.79 Å². The number of fused-ring (bicyclic) bond motifs is 1. The number of aromatic nitrogens is 9. The summed E-state index contributed by atoms with van der Waals surface area (Å²) in [6.45, 7) is 26.9. The van der Waals surface area contributed by atoms with Gasteiger partial charge in [0.25, 0.3) is 5.89 Å². The van der Waals surface area contributed by atoms with E-state index < -0.39 is 27.8 Å². The Balaban J connectivity index is 0.000000279. The van der Waals surface area contributed by atoms with Crippen LogP contribution in [-0.4, -0.2) is 96.4 Å². The number of rotatable bonds is 20. The van der Waals surface area contributed by atoms with Crippen LogP contribution in [0.1, 0.15) is 83.2 Å². The summed E-state index contributed by atoms with van der Waals surface area (Å²) in [6.07, 6.45) is 8.38. The van der Waals surface area contributed by atoms with E-state index in [1.807, 2.05) is 92.3 Å². The Kier molecular flexibility index (Phi) is 18.2. The van der Waals surface area contributed by atoms with Gasteiger partial charge in [-0.1, -0.05) is 50.5 Å². The van der Waals surface area contributed by atoms with Gasteiger partial charge in [0.2, 0.25) is 0 Å². The third-order valence-corrected chi connectivity index (χ3v) is 15.7. The molecular formula is C52H68BrN9O7Si2. The minimum atomic E-state index is -1.29. The van der Waals surface area contributed by atoms with Crippen molar-refractivity contribution in [3.8, 4) is 22.8 Å². The molecule has 0 aliphatic carbocycles. The Morgan fingerprint density at radius 1 is 0.690 bits per heavy atom. The van der Waals surface area contributed by atoms with Crippen LogP contribution in [0.25, 0.3) is 33.7 Å². The highest BCUT2D eigenvalue weighted by Gasteiger charge is 2.27. The molecule has 0 radical (unpaired) electrons. The smallest absolute Gasteiger partial charge is 0.419 e. The summed E-state index contributed by atoms with van der Waals surface area (Å²) in [4.78, 5) is 61.4. The van der Waals surface area contributed by atoms with Crippen molar-refractivity contribution in [3.63, 3.8) is 0 Å². The monoisotopic (exact) mass is 1070 g/mol. The normalized spacial score (nSPS) is 12.0. The number of ether oxygens (including phenoxy) is 3. The molecule has 16 nitrogen and oxygen atoms in total. The number of carbonyl (C=O) groups is 3. The Morgan fingerprint density at radius 3 is 1.70 bits per heavy atom. The fraction of sp³-hybridized carbons (Fsp3) is 0.442. The number of halogens is 1. The molecule has 19 heteroatoms. The van der Waals surface area contributed by atoms with E-state index in [2.05, 4.69) is 80.3 Å². The maximum absolute atomic E-state index is 13.6. The second kappa shape index (κ2) is 23.7. The second-order valence-electron chi connectivity index (χ2n) is 21.1. The lowest BCUT2D eigenvalue weighted by atomic mass is 10.1. The average molecular weight is 1070 g/mol. The first-order valence-corrected chi connectivity index (χ1v) is 32.2. The van der Waals surface area contributed by atoms with Crippen LogP contribution < -0.4 is 0 Å². The van der Waals surface area contributed by atoms with Crippen molar-refractivity contribution in [1.82, 2.24) is 43.8 Å². The van der Waals surface area contributed by atoms with Gasteiger partial charge in [0, 0.05) is 83.6 Å². The van der Waals surface area contributed by atoms with E-state index in [1.165, 1.54) is 4.57 Å². The molecule has 0 unspecified atom stereocenters. The standard InChI is InChI=1S/C34H42N6O5Si.C18H26BrN3O2Si/c1-22-30(37-31(39(22)21-43-17-18-46(6,7)8)29(41)12-9-24-13-15-35-16-14-24)25-10-11-27-26(19-25)20-28(32-36-23(2)38-45-32)40(27)33(42)44-34(3,4)5;1-14-17(19)21-18(22(14)13-24-11-12-25(2,3)4)16(23)6-5-15-7-9-20-10-8-15/h10-11,13-16,19-20H,9,12,17-18,21H2,1-8H3;7-10H,5-6,11-13H2,1-4H3. The number of benzene rings is 1. The Labute approximate surface area is 427 Å². The molecule has 1 aromatic carbocycles. The Bertz CT molecular complexity index is 2930. The summed E-state index contributed by atoms with van der Waals surface area (Å²) in [5.74, 6) is 1.45. The van der Waals surface area contributed by atoms with Crippen molar-refractivity contribution >= 4 is 60.6 Å². The van der Waals surface area contributed by atoms with E-state index in [0.717, 1.165) is 52.2 Å². The summed E-state index contributed by atoms with van der Waals surface area (Å²) < 4.78 is 29.0. The first-order chi connectivity index (χ1) is 33.5. The molecule has 0 amide bonds. The van der Waals surface area contributed by atoms with E-state index >= 15 is 0 Å². The molecule has 0 spiro atoms. The van der Waals surface area contributed by atoms with Crippen LogP contribution in [0, 0.1) is 20.8 Å². The van der Waals surface area contributed by atoms with Gasteiger partial charge in [0.1, 0.15) is 29.4 Å². The van der Waals surface area contributed by atoms with Gasteiger partial charge >= 0.3 is 6.09 Å². The first kappa shape index (κ1) is 54.6. The quantitative estimate of drug-likeness (QED) is 0.0399. The molecule has 7 rings (SSSR count). The molecule has 378 valence electrons. The summed E-state index contributed by atoms with van der Waals surface area (Å²) in [6, 6.07) is 17.3. The molecule has 0 saturated carbocycles. The number of carbonyl (C=O) groups excluding carboxylic acids is 3.